The van der Waals surface area contributed by atoms with Crippen molar-refractivity contribution in [1.82, 2.24) is 19.4 Å². The van der Waals surface area contributed by atoms with Crippen molar-refractivity contribution in [3.8, 4) is 11.3 Å². The molecule has 1 aromatic carbocycles. The molecule has 4 rings (SSSR count). The summed E-state index contributed by atoms with van der Waals surface area (Å²) in [5.74, 6) is -0.0421. The fourth-order valence-electron chi connectivity index (χ4n) is 2.99. The number of benzene rings is 1. The summed E-state index contributed by atoms with van der Waals surface area (Å²) in [6, 6.07) is 8.40. The van der Waals surface area contributed by atoms with Gasteiger partial charge in [-0.1, -0.05) is 19.1 Å². The van der Waals surface area contributed by atoms with Gasteiger partial charge in [-0.2, -0.15) is 13.2 Å². The van der Waals surface area contributed by atoms with Crippen LogP contribution in [0.15, 0.2) is 61.2 Å². The van der Waals surface area contributed by atoms with Crippen molar-refractivity contribution in [3.63, 3.8) is 0 Å². The average Bonchev–Trinajstić information content (AvgIpc) is 3.16. The van der Waals surface area contributed by atoms with Crippen molar-refractivity contribution < 1.29 is 18.0 Å². The Kier molecular flexibility index (Phi) is 4.94. The van der Waals surface area contributed by atoms with Crippen LogP contribution < -0.4 is 5.32 Å². The molecule has 1 amide bonds. The lowest BCUT2D eigenvalue weighted by atomic mass is 10.1. The zero-order valence-corrected chi connectivity index (χ0v) is 15.8. The molecule has 0 saturated carbocycles. The second kappa shape index (κ2) is 7.58. The molecule has 0 atom stereocenters. The Morgan fingerprint density at radius 3 is 2.53 bits per heavy atom. The number of anilines is 1. The van der Waals surface area contributed by atoms with Crippen LogP contribution in [-0.4, -0.2) is 25.3 Å². The van der Waals surface area contributed by atoms with E-state index < -0.39 is 17.6 Å². The van der Waals surface area contributed by atoms with Gasteiger partial charge in [0.05, 0.1) is 23.7 Å². The number of hydrogen-bond acceptors (Lipinski definition) is 4. The molecule has 3 heterocycles. The lowest BCUT2D eigenvalue weighted by Gasteiger charge is -2.08. The first-order chi connectivity index (χ1) is 14.3. The molecule has 6 nitrogen and oxygen atoms in total. The van der Waals surface area contributed by atoms with Crippen LogP contribution in [0.3, 0.4) is 0 Å². The fourth-order valence-corrected chi connectivity index (χ4v) is 2.99. The lowest BCUT2D eigenvalue weighted by molar-refractivity contribution is -0.137. The number of pyridine rings is 1. The SMILES string of the molecule is CCc1ccnc(NC(=O)c2cn3c(-c4ccc(C(F)(F)F)cc4)cnc3cn2)c1. The number of nitrogens with one attached hydrogen (secondary N) is 1. The van der Waals surface area contributed by atoms with Gasteiger partial charge in [0.25, 0.3) is 5.91 Å². The number of aryl methyl sites for hydroxylation is 1. The maximum atomic E-state index is 12.8. The molecule has 0 unspecified atom stereocenters. The molecule has 152 valence electrons. The van der Waals surface area contributed by atoms with E-state index in [1.54, 1.807) is 16.7 Å². The van der Waals surface area contributed by atoms with E-state index in [-0.39, 0.29) is 5.69 Å². The van der Waals surface area contributed by atoms with Gasteiger partial charge in [0.1, 0.15) is 11.5 Å². The van der Waals surface area contributed by atoms with Crippen LogP contribution in [-0.2, 0) is 12.6 Å². The Balaban J connectivity index is 1.65. The van der Waals surface area contributed by atoms with Crippen LogP contribution >= 0.6 is 0 Å². The molecule has 0 spiro atoms. The van der Waals surface area contributed by atoms with E-state index in [2.05, 4.69) is 20.3 Å². The van der Waals surface area contributed by atoms with Gasteiger partial charge in [-0.3, -0.25) is 9.20 Å². The normalized spacial score (nSPS) is 11.6. The number of alkyl halides is 3. The quantitative estimate of drug-likeness (QED) is 0.532. The molecule has 0 radical (unpaired) electrons. The van der Waals surface area contributed by atoms with Crippen LogP contribution in [0.1, 0.15) is 28.5 Å². The third-order valence-electron chi connectivity index (χ3n) is 4.61. The highest BCUT2D eigenvalue weighted by Crippen LogP contribution is 2.31. The molecular formula is C21H16F3N5O. The van der Waals surface area contributed by atoms with Crippen molar-refractivity contribution >= 4 is 17.4 Å². The number of rotatable bonds is 4. The summed E-state index contributed by atoms with van der Waals surface area (Å²) in [5.41, 5.74) is 1.96. The average molecular weight is 411 g/mol. The predicted molar refractivity (Wildman–Crippen MR) is 105 cm³/mol. The van der Waals surface area contributed by atoms with Gasteiger partial charge >= 0.3 is 6.18 Å². The van der Waals surface area contributed by atoms with Crippen molar-refractivity contribution in [2.45, 2.75) is 19.5 Å². The van der Waals surface area contributed by atoms with E-state index in [1.165, 1.54) is 30.7 Å². The number of amides is 1. The number of carbonyl (C=O) groups is 1. The highest BCUT2D eigenvalue weighted by atomic mass is 19.4. The first-order valence-electron chi connectivity index (χ1n) is 9.12. The summed E-state index contributed by atoms with van der Waals surface area (Å²) in [4.78, 5) is 25.1. The summed E-state index contributed by atoms with van der Waals surface area (Å²) < 4.78 is 40.0. The number of carbonyl (C=O) groups excluding carboxylic acids is 1. The van der Waals surface area contributed by atoms with E-state index in [0.717, 1.165) is 24.1 Å². The monoisotopic (exact) mass is 411 g/mol. The first-order valence-corrected chi connectivity index (χ1v) is 9.12. The first kappa shape index (κ1) is 19.6. The summed E-state index contributed by atoms with van der Waals surface area (Å²) in [7, 11) is 0. The van der Waals surface area contributed by atoms with Gasteiger partial charge in [0, 0.05) is 18.0 Å². The van der Waals surface area contributed by atoms with Crippen LogP contribution in [0.25, 0.3) is 16.9 Å². The molecule has 3 aromatic heterocycles. The predicted octanol–water partition coefficient (Wildman–Crippen LogP) is 4.62. The Labute approximate surface area is 169 Å². The van der Waals surface area contributed by atoms with Crippen LogP contribution in [0.5, 0.6) is 0 Å². The third-order valence-corrected chi connectivity index (χ3v) is 4.61. The number of nitrogens with zero attached hydrogens (tertiary/aromatic N) is 4. The Hall–Kier alpha value is -3.75. The summed E-state index contributed by atoms with van der Waals surface area (Å²) in [6.45, 7) is 2.00. The zero-order chi connectivity index (χ0) is 21.3. The topological polar surface area (TPSA) is 72.2 Å². The summed E-state index contributed by atoms with van der Waals surface area (Å²) in [6.07, 6.45) is 2.46. The number of fused-ring (bicyclic) bond motifs is 1. The zero-order valence-electron chi connectivity index (χ0n) is 15.8. The van der Waals surface area contributed by atoms with Gasteiger partial charge in [-0.25, -0.2) is 15.0 Å². The van der Waals surface area contributed by atoms with E-state index >= 15 is 0 Å². The maximum Gasteiger partial charge on any atom is 0.416 e. The number of halogens is 3. The van der Waals surface area contributed by atoms with Crippen molar-refractivity contribution in [1.29, 1.82) is 0 Å². The van der Waals surface area contributed by atoms with Crippen molar-refractivity contribution in [2.75, 3.05) is 5.32 Å². The molecule has 0 aliphatic carbocycles. The standard InChI is InChI=1S/C21H16F3N5O/c1-2-13-7-8-25-18(9-13)28-20(30)16-12-29-17(10-27-19(29)11-26-16)14-3-5-15(6-4-14)21(22,23)24/h3-12H,2H2,1H3,(H,25,28,30). The number of aromatic nitrogens is 4. The molecule has 4 aromatic rings. The van der Waals surface area contributed by atoms with E-state index in [9.17, 15) is 18.0 Å². The molecule has 1 N–H and O–H groups in total. The summed E-state index contributed by atoms with van der Waals surface area (Å²) >= 11 is 0. The lowest BCUT2D eigenvalue weighted by Crippen LogP contribution is -2.15. The van der Waals surface area contributed by atoms with E-state index in [0.29, 0.717) is 22.7 Å². The minimum atomic E-state index is -4.41. The number of hydrogen-bond donors (Lipinski definition) is 1. The molecule has 0 bridgehead atoms. The van der Waals surface area contributed by atoms with Gasteiger partial charge in [-0.15, -0.1) is 0 Å². The van der Waals surface area contributed by atoms with Gasteiger partial charge in [0.2, 0.25) is 0 Å². The second-order valence-corrected chi connectivity index (χ2v) is 6.58. The Bertz CT molecular complexity index is 1220. The highest BCUT2D eigenvalue weighted by Gasteiger charge is 2.30. The smallest absolute Gasteiger partial charge is 0.305 e. The largest absolute Gasteiger partial charge is 0.416 e. The van der Waals surface area contributed by atoms with Gasteiger partial charge < -0.3 is 5.32 Å². The molecular weight excluding hydrogens is 395 g/mol. The minimum absolute atomic E-state index is 0.123. The van der Waals surface area contributed by atoms with Crippen molar-refractivity contribution in [2.24, 2.45) is 0 Å². The van der Waals surface area contributed by atoms with E-state index in [1.807, 2.05) is 13.0 Å². The maximum absolute atomic E-state index is 12.8. The Morgan fingerprint density at radius 2 is 1.83 bits per heavy atom. The van der Waals surface area contributed by atoms with Gasteiger partial charge in [-0.05, 0) is 36.2 Å². The van der Waals surface area contributed by atoms with Crippen LogP contribution in [0.4, 0.5) is 19.0 Å². The number of imidazole rings is 1. The fraction of sp³-hybridized carbons (Fsp3) is 0.143. The molecule has 30 heavy (non-hydrogen) atoms. The Morgan fingerprint density at radius 1 is 1.07 bits per heavy atom. The minimum Gasteiger partial charge on any atom is -0.305 e. The molecule has 9 heteroatoms. The van der Waals surface area contributed by atoms with Gasteiger partial charge in [0.15, 0.2) is 5.65 Å². The van der Waals surface area contributed by atoms with E-state index in [4.69, 9.17) is 0 Å². The molecule has 0 fully saturated rings. The van der Waals surface area contributed by atoms with Crippen LogP contribution in [0.2, 0.25) is 0 Å². The molecule has 0 saturated heterocycles. The molecule has 0 aliphatic rings. The summed E-state index contributed by atoms with van der Waals surface area (Å²) in [5, 5.41) is 2.70. The molecule has 0 aliphatic heterocycles. The van der Waals surface area contributed by atoms with Crippen LogP contribution in [0, 0.1) is 0 Å². The second-order valence-electron chi connectivity index (χ2n) is 6.58. The highest BCUT2D eigenvalue weighted by molar-refractivity contribution is 6.02. The third kappa shape index (κ3) is 3.86. The van der Waals surface area contributed by atoms with Crippen molar-refractivity contribution in [3.05, 3.63) is 78.0 Å².